The highest BCUT2D eigenvalue weighted by Gasteiger charge is 2.16. The predicted octanol–water partition coefficient (Wildman–Crippen LogP) is 4.71. The van der Waals surface area contributed by atoms with E-state index in [0.29, 0.717) is 23.1 Å². The molecule has 0 aliphatic carbocycles. The summed E-state index contributed by atoms with van der Waals surface area (Å²) in [6.45, 7) is 10.2. The third kappa shape index (κ3) is 6.18. The molecule has 2 heterocycles. The number of hydrogen-bond acceptors (Lipinski definition) is 5. The van der Waals surface area contributed by atoms with Gasteiger partial charge in [0.2, 0.25) is 5.91 Å². The van der Waals surface area contributed by atoms with Gasteiger partial charge >= 0.3 is 0 Å². The van der Waals surface area contributed by atoms with E-state index >= 15 is 0 Å². The SMILES string of the molecule is CCN1CCN(c2ccc(NC(=O)CCCCCn3c(=S)[nH]c4ccccc4c3=O)c(C)c2)CC1. The molecule has 35 heavy (non-hydrogen) atoms. The minimum absolute atomic E-state index is 0.0255. The molecule has 0 unspecified atom stereocenters. The number of aryl methyl sites for hydroxylation is 1. The number of carbonyl (C=O) groups excluding carboxylic acids is 1. The van der Waals surface area contributed by atoms with E-state index in [1.807, 2.05) is 37.3 Å². The number of carbonyl (C=O) groups is 1. The number of nitrogens with zero attached hydrogens (tertiary/aromatic N) is 3. The highest BCUT2D eigenvalue weighted by molar-refractivity contribution is 7.71. The standard InChI is InChI=1S/C27H35N5O2S/c1-3-30-15-17-31(18-16-30)21-12-13-23(20(2)19-21)28-25(33)11-5-4-8-14-32-26(34)22-9-6-7-10-24(22)29-27(32)35/h6-7,9-10,12-13,19H,3-5,8,11,14-18H2,1-2H3,(H,28,33)(H,29,35). The predicted molar refractivity (Wildman–Crippen MR) is 146 cm³/mol. The van der Waals surface area contributed by atoms with E-state index in [9.17, 15) is 9.59 Å². The van der Waals surface area contributed by atoms with Crippen molar-refractivity contribution in [2.24, 2.45) is 0 Å². The van der Waals surface area contributed by atoms with Gasteiger partial charge in [-0.05, 0) is 74.4 Å². The van der Waals surface area contributed by atoms with Gasteiger partial charge in [-0.2, -0.15) is 0 Å². The third-order valence-electron chi connectivity index (χ3n) is 6.84. The molecular formula is C27H35N5O2S. The van der Waals surface area contributed by atoms with E-state index in [1.54, 1.807) is 4.57 Å². The Labute approximate surface area is 211 Å². The molecular weight excluding hydrogens is 458 g/mol. The molecule has 7 nitrogen and oxygen atoms in total. The van der Waals surface area contributed by atoms with E-state index in [4.69, 9.17) is 12.2 Å². The van der Waals surface area contributed by atoms with Crippen molar-refractivity contribution in [3.8, 4) is 0 Å². The molecule has 8 heteroatoms. The molecule has 1 fully saturated rings. The second-order valence-electron chi connectivity index (χ2n) is 9.21. The maximum atomic E-state index is 12.7. The molecule has 0 radical (unpaired) electrons. The summed E-state index contributed by atoms with van der Waals surface area (Å²) in [5.41, 5.74) is 3.88. The van der Waals surface area contributed by atoms with Crippen molar-refractivity contribution < 1.29 is 4.79 Å². The van der Waals surface area contributed by atoms with Crippen LogP contribution >= 0.6 is 12.2 Å². The molecule has 4 rings (SSSR count). The van der Waals surface area contributed by atoms with Gasteiger partial charge in [-0.15, -0.1) is 0 Å². The van der Waals surface area contributed by atoms with Gasteiger partial charge in [0, 0.05) is 50.5 Å². The number of nitrogens with one attached hydrogen (secondary N) is 2. The van der Waals surface area contributed by atoms with Crippen LogP contribution in [-0.2, 0) is 11.3 Å². The summed E-state index contributed by atoms with van der Waals surface area (Å²) in [5.74, 6) is 0.0255. The molecule has 1 saturated heterocycles. The van der Waals surface area contributed by atoms with Gasteiger partial charge in [-0.1, -0.05) is 25.5 Å². The van der Waals surface area contributed by atoms with E-state index in [2.05, 4.69) is 39.2 Å². The lowest BCUT2D eigenvalue weighted by molar-refractivity contribution is -0.116. The summed E-state index contributed by atoms with van der Waals surface area (Å²) in [5, 5.41) is 3.70. The Kier molecular flexibility index (Phi) is 8.36. The minimum Gasteiger partial charge on any atom is -0.369 e. The second-order valence-corrected chi connectivity index (χ2v) is 9.60. The van der Waals surface area contributed by atoms with E-state index in [1.165, 1.54) is 5.69 Å². The number of fused-ring (bicyclic) bond motifs is 1. The number of H-pyrrole nitrogens is 1. The molecule has 1 aliphatic heterocycles. The maximum absolute atomic E-state index is 12.7. The lowest BCUT2D eigenvalue weighted by atomic mass is 10.1. The molecule has 3 aromatic rings. The number of rotatable bonds is 9. The van der Waals surface area contributed by atoms with Crippen molar-refractivity contribution in [2.45, 2.75) is 46.1 Å². The fourth-order valence-corrected chi connectivity index (χ4v) is 4.94. The highest BCUT2D eigenvalue weighted by atomic mass is 32.1. The fourth-order valence-electron chi connectivity index (χ4n) is 4.65. The molecule has 0 saturated carbocycles. The van der Waals surface area contributed by atoms with Crippen LogP contribution in [0.2, 0.25) is 0 Å². The zero-order valence-corrected chi connectivity index (χ0v) is 21.5. The first-order valence-corrected chi connectivity index (χ1v) is 13.0. The normalized spacial score (nSPS) is 14.4. The highest BCUT2D eigenvalue weighted by Crippen LogP contribution is 2.24. The lowest BCUT2D eigenvalue weighted by Gasteiger charge is -2.35. The molecule has 1 aliphatic rings. The number of likely N-dealkylation sites (N-methyl/N-ethyl adjacent to an activating group) is 1. The molecule has 186 valence electrons. The summed E-state index contributed by atoms with van der Waals surface area (Å²) in [7, 11) is 0. The average Bonchev–Trinajstić information content (AvgIpc) is 2.87. The van der Waals surface area contributed by atoms with E-state index in [0.717, 1.165) is 68.8 Å². The Hall–Kier alpha value is -2.97. The van der Waals surface area contributed by atoms with Gasteiger partial charge in [-0.3, -0.25) is 14.2 Å². The van der Waals surface area contributed by atoms with Crippen LogP contribution in [0.4, 0.5) is 11.4 Å². The molecule has 2 N–H and O–H groups in total. The van der Waals surface area contributed by atoms with Crippen LogP contribution in [0, 0.1) is 11.7 Å². The van der Waals surface area contributed by atoms with Gasteiger partial charge in [0.15, 0.2) is 4.77 Å². The summed E-state index contributed by atoms with van der Waals surface area (Å²) >= 11 is 5.37. The number of aromatic amines is 1. The maximum Gasteiger partial charge on any atom is 0.262 e. The Balaban J connectivity index is 1.23. The van der Waals surface area contributed by atoms with Crippen molar-refractivity contribution in [3.05, 3.63) is 63.2 Å². The Morgan fingerprint density at radius 1 is 1.06 bits per heavy atom. The smallest absolute Gasteiger partial charge is 0.262 e. The fraction of sp³-hybridized carbons (Fsp3) is 0.444. The second kappa shape index (κ2) is 11.6. The topological polar surface area (TPSA) is 73.4 Å². The number of para-hydroxylation sites is 1. The number of benzene rings is 2. The number of unbranched alkanes of at least 4 members (excludes halogenated alkanes) is 2. The van der Waals surface area contributed by atoms with Crippen LogP contribution in [0.5, 0.6) is 0 Å². The van der Waals surface area contributed by atoms with Crippen molar-refractivity contribution in [2.75, 3.05) is 42.9 Å². The molecule has 1 aromatic heterocycles. The molecule has 0 spiro atoms. The quantitative estimate of drug-likeness (QED) is 0.334. The van der Waals surface area contributed by atoms with Gasteiger partial charge < -0.3 is 20.1 Å². The molecule has 0 bridgehead atoms. The Morgan fingerprint density at radius 3 is 2.57 bits per heavy atom. The van der Waals surface area contributed by atoms with Crippen molar-refractivity contribution in [1.29, 1.82) is 0 Å². The summed E-state index contributed by atoms with van der Waals surface area (Å²) in [6.07, 6.45) is 2.87. The van der Waals surface area contributed by atoms with Crippen LogP contribution in [-0.4, -0.2) is 53.1 Å². The van der Waals surface area contributed by atoms with Gasteiger partial charge in [0.1, 0.15) is 0 Å². The Morgan fingerprint density at radius 2 is 1.83 bits per heavy atom. The third-order valence-corrected chi connectivity index (χ3v) is 7.17. The largest absolute Gasteiger partial charge is 0.369 e. The number of piperazine rings is 1. The number of hydrogen-bond donors (Lipinski definition) is 2. The average molecular weight is 494 g/mol. The van der Waals surface area contributed by atoms with Gasteiger partial charge in [-0.25, -0.2) is 0 Å². The monoisotopic (exact) mass is 493 g/mol. The van der Waals surface area contributed by atoms with Crippen LogP contribution in [0.1, 0.15) is 38.2 Å². The van der Waals surface area contributed by atoms with Crippen LogP contribution in [0.15, 0.2) is 47.3 Å². The van der Waals surface area contributed by atoms with Crippen molar-refractivity contribution >= 4 is 40.4 Å². The lowest BCUT2D eigenvalue weighted by Crippen LogP contribution is -2.46. The van der Waals surface area contributed by atoms with Crippen LogP contribution in [0.25, 0.3) is 10.9 Å². The van der Waals surface area contributed by atoms with Gasteiger partial charge in [0.05, 0.1) is 10.9 Å². The van der Waals surface area contributed by atoms with Crippen LogP contribution < -0.4 is 15.8 Å². The number of amides is 1. The first kappa shape index (κ1) is 25.1. The molecule has 0 atom stereocenters. The number of aromatic nitrogens is 2. The summed E-state index contributed by atoms with van der Waals surface area (Å²) < 4.78 is 2.06. The van der Waals surface area contributed by atoms with Crippen molar-refractivity contribution in [3.63, 3.8) is 0 Å². The Bertz CT molecular complexity index is 1290. The molecule has 2 aromatic carbocycles. The number of anilines is 2. The summed E-state index contributed by atoms with van der Waals surface area (Å²) in [4.78, 5) is 33.2. The van der Waals surface area contributed by atoms with E-state index < -0.39 is 0 Å². The summed E-state index contributed by atoms with van der Waals surface area (Å²) in [6, 6.07) is 13.7. The van der Waals surface area contributed by atoms with Crippen LogP contribution in [0.3, 0.4) is 0 Å². The van der Waals surface area contributed by atoms with Crippen molar-refractivity contribution in [1.82, 2.24) is 14.5 Å². The zero-order chi connectivity index (χ0) is 24.8. The van der Waals surface area contributed by atoms with E-state index in [-0.39, 0.29) is 11.5 Å². The first-order valence-electron chi connectivity index (χ1n) is 12.6. The van der Waals surface area contributed by atoms with Gasteiger partial charge in [0.25, 0.3) is 5.56 Å². The first-order chi connectivity index (χ1) is 17.0. The molecule has 1 amide bonds. The minimum atomic E-state index is -0.0618. The zero-order valence-electron chi connectivity index (χ0n) is 20.7.